The molecule has 0 N–H and O–H groups in total. The lowest BCUT2D eigenvalue weighted by molar-refractivity contribution is -0.107. The monoisotopic (exact) mass is 319 g/mol. The second-order valence-corrected chi connectivity index (χ2v) is 7.88. The summed E-state index contributed by atoms with van der Waals surface area (Å²) < 4.78 is 10.6. The zero-order valence-electron chi connectivity index (χ0n) is 14.6. The molecule has 2 atom stereocenters. The van der Waals surface area contributed by atoms with Crippen LogP contribution in [0.25, 0.3) is 0 Å². The predicted molar refractivity (Wildman–Crippen MR) is 86.6 cm³/mol. The van der Waals surface area contributed by atoms with Crippen LogP contribution in [0.3, 0.4) is 0 Å². The molecule has 23 heavy (non-hydrogen) atoms. The summed E-state index contributed by atoms with van der Waals surface area (Å²) in [6, 6.07) is 1.39. The van der Waals surface area contributed by atoms with E-state index in [2.05, 4.69) is 13.8 Å². The molecule has 0 bridgehead atoms. The highest BCUT2D eigenvalue weighted by Gasteiger charge is 2.63. The van der Waals surface area contributed by atoms with Gasteiger partial charge in [-0.25, -0.2) is 4.79 Å². The largest absolute Gasteiger partial charge is 0.427 e. The summed E-state index contributed by atoms with van der Waals surface area (Å²) in [6.07, 6.45) is 1.07. The van der Waals surface area contributed by atoms with Crippen LogP contribution in [0.4, 0.5) is 0 Å². The Kier molecular flexibility index (Phi) is 3.67. The summed E-state index contributed by atoms with van der Waals surface area (Å²) in [5.74, 6) is 0.818. The molecule has 0 radical (unpaired) electrons. The number of carbonyl (C=O) groups excluding carboxylic acids is 1. The lowest BCUT2D eigenvalue weighted by atomic mass is 9.48. The fourth-order valence-electron chi connectivity index (χ4n) is 5.00. The van der Waals surface area contributed by atoms with Gasteiger partial charge in [0.15, 0.2) is 0 Å². The van der Waals surface area contributed by atoms with Crippen molar-refractivity contribution < 1.29 is 13.9 Å². The predicted octanol–water partition coefficient (Wildman–Crippen LogP) is 2.39. The molecule has 1 aliphatic carbocycles. The van der Waals surface area contributed by atoms with E-state index in [4.69, 9.17) is 9.15 Å². The Morgan fingerprint density at radius 3 is 2.70 bits per heavy atom. The summed E-state index contributed by atoms with van der Waals surface area (Å²) in [7, 11) is 1.72. The van der Waals surface area contributed by atoms with Crippen molar-refractivity contribution in [1.29, 1.82) is 0 Å². The average Bonchev–Trinajstić information content (AvgIpc) is 2.72. The van der Waals surface area contributed by atoms with E-state index in [9.17, 15) is 9.59 Å². The number of fused-ring (bicyclic) bond motifs is 1. The van der Waals surface area contributed by atoms with Crippen molar-refractivity contribution in [2.24, 2.45) is 16.7 Å². The Morgan fingerprint density at radius 1 is 1.43 bits per heavy atom. The van der Waals surface area contributed by atoms with Gasteiger partial charge in [-0.15, -0.1) is 0 Å². The maximum absolute atomic E-state index is 13.0. The molecule has 1 saturated heterocycles. The first-order valence-electron chi connectivity index (χ1n) is 8.10. The van der Waals surface area contributed by atoms with Crippen LogP contribution in [-0.4, -0.2) is 37.6 Å². The first kappa shape index (κ1) is 16.2. The third-order valence-electron chi connectivity index (χ3n) is 5.67. The second-order valence-electron chi connectivity index (χ2n) is 7.88. The SMILES string of the molecule is COC[C@@]12CN(C(=O)c3c(C)cc(=O)oc3C)C[C@@H]1C(C)(C)C2. The number of aryl methyl sites for hydroxylation is 2. The van der Waals surface area contributed by atoms with Crippen molar-refractivity contribution in [2.75, 3.05) is 26.8 Å². The molecule has 0 spiro atoms. The Labute approximate surface area is 136 Å². The summed E-state index contributed by atoms with van der Waals surface area (Å²) in [4.78, 5) is 26.3. The molecule has 5 heteroatoms. The van der Waals surface area contributed by atoms with Crippen molar-refractivity contribution in [3.05, 3.63) is 33.4 Å². The zero-order valence-corrected chi connectivity index (χ0v) is 14.6. The van der Waals surface area contributed by atoms with Crippen molar-refractivity contribution >= 4 is 5.91 Å². The summed E-state index contributed by atoms with van der Waals surface area (Å²) >= 11 is 0. The molecule has 1 amide bonds. The summed E-state index contributed by atoms with van der Waals surface area (Å²) in [5, 5.41) is 0. The highest BCUT2D eigenvalue weighted by molar-refractivity contribution is 5.96. The zero-order chi connectivity index (χ0) is 17.0. The molecule has 1 aromatic rings. The molecule has 0 aromatic carbocycles. The molecular formula is C18H25NO4. The standard InChI is InChI=1S/C18H25NO4/c1-11-6-14(20)23-12(2)15(11)16(21)19-7-13-17(3,4)8-18(13,9-19)10-22-5/h6,13H,7-10H2,1-5H3/t13-,18-/m1/s1. The highest BCUT2D eigenvalue weighted by Crippen LogP contribution is 2.62. The number of ether oxygens (including phenoxy) is 1. The maximum atomic E-state index is 13.0. The number of rotatable bonds is 3. The van der Waals surface area contributed by atoms with Gasteiger partial charge in [-0.05, 0) is 37.2 Å². The van der Waals surface area contributed by atoms with Crippen LogP contribution in [0.5, 0.6) is 0 Å². The average molecular weight is 319 g/mol. The van der Waals surface area contributed by atoms with Crippen LogP contribution in [0.15, 0.2) is 15.3 Å². The fraction of sp³-hybridized carbons (Fsp3) is 0.667. The van der Waals surface area contributed by atoms with E-state index >= 15 is 0 Å². The van der Waals surface area contributed by atoms with Gasteiger partial charge in [-0.3, -0.25) is 4.79 Å². The topological polar surface area (TPSA) is 59.8 Å². The van der Waals surface area contributed by atoms with E-state index < -0.39 is 5.63 Å². The van der Waals surface area contributed by atoms with Gasteiger partial charge in [0.05, 0.1) is 12.2 Å². The Morgan fingerprint density at radius 2 is 2.13 bits per heavy atom. The number of likely N-dealkylation sites (tertiary alicyclic amines) is 1. The van der Waals surface area contributed by atoms with Gasteiger partial charge < -0.3 is 14.1 Å². The van der Waals surface area contributed by atoms with E-state index in [1.807, 2.05) is 4.90 Å². The Balaban J connectivity index is 1.90. The third-order valence-corrected chi connectivity index (χ3v) is 5.67. The van der Waals surface area contributed by atoms with Gasteiger partial charge in [-0.1, -0.05) is 13.8 Å². The molecule has 2 fully saturated rings. The molecule has 2 aliphatic rings. The van der Waals surface area contributed by atoms with Gasteiger partial charge in [-0.2, -0.15) is 0 Å². The number of amides is 1. The summed E-state index contributed by atoms with van der Waals surface area (Å²) in [6.45, 7) is 10.1. The second kappa shape index (κ2) is 5.20. The normalized spacial score (nSPS) is 28.4. The minimum absolute atomic E-state index is 0.0376. The van der Waals surface area contributed by atoms with Crippen LogP contribution >= 0.6 is 0 Å². The number of carbonyl (C=O) groups is 1. The molecule has 3 rings (SSSR count). The van der Waals surface area contributed by atoms with E-state index in [0.29, 0.717) is 36.0 Å². The smallest absolute Gasteiger partial charge is 0.336 e. The number of hydrogen-bond donors (Lipinski definition) is 0. The highest BCUT2D eigenvalue weighted by atomic mass is 16.5. The fourth-order valence-corrected chi connectivity index (χ4v) is 5.00. The molecule has 0 unspecified atom stereocenters. The van der Waals surface area contributed by atoms with Gasteiger partial charge in [0.2, 0.25) is 0 Å². The first-order valence-corrected chi connectivity index (χ1v) is 8.10. The Bertz CT molecular complexity index is 679. The minimum Gasteiger partial charge on any atom is -0.427 e. The van der Waals surface area contributed by atoms with Crippen LogP contribution in [0.1, 0.15) is 41.9 Å². The Hall–Kier alpha value is -1.62. The number of nitrogens with zero attached hydrogens (tertiary/aromatic N) is 1. The van der Waals surface area contributed by atoms with E-state index in [-0.39, 0.29) is 16.7 Å². The van der Waals surface area contributed by atoms with Gasteiger partial charge >= 0.3 is 5.63 Å². The van der Waals surface area contributed by atoms with E-state index in [1.165, 1.54) is 6.07 Å². The third kappa shape index (κ3) is 2.42. The van der Waals surface area contributed by atoms with Crippen molar-refractivity contribution in [3.8, 4) is 0 Å². The van der Waals surface area contributed by atoms with Crippen LogP contribution in [-0.2, 0) is 4.74 Å². The number of methoxy groups -OCH3 is 1. The number of hydrogen-bond acceptors (Lipinski definition) is 4. The van der Waals surface area contributed by atoms with Crippen LogP contribution in [0, 0.1) is 30.6 Å². The molecule has 1 aromatic heterocycles. The molecule has 2 heterocycles. The molecule has 126 valence electrons. The van der Waals surface area contributed by atoms with E-state index in [1.54, 1.807) is 21.0 Å². The molecule has 5 nitrogen and oxygen atoms in total. The van der Waals surface area contributed by atoms with E-state index in [0.717, 1.165) is 13.0 Å². The lowest BCUT2D eigenvalue weighted by Crippen LogP contribution is -2.55. The van der Waals surface area contributed by atoms with Crippen molar-refractivity contribution in [1.82, 2.24) is 4.90 Å². The lowest BCUT2D eigenvalue weighted by Gasteiger charge is -2.56. The van der Waals surface area contributed by atoms with Gasteiger partial charge in [0.1, 0.15) is 5.76 Å². The quantitative estimate of drug-likeness (QED) is 0.858. The van der Waals surface area contributed by atoms with Crippen molar-refractivity contribution in [2.45, 2.75) is 34.1 Å². The molecule has 1 aliphatic heterocycles. The minimum atomic E-state index is -0.407. The molecule has 1 saturated carbocycles. The van der Waals surface area contributed by atoms with Crippen LogP contribution < -0.4 is 5.63 Å². The van der Waals surface area contributed by atoms with Gasteiger partial charge in [0.25, 0.3) is 5.91 Å². The molecular weight excluding hydrogens is 294 g/mol. The first-order chi connectivity index (χ1) is 10.7. The maximum Gasteiger partial charge on any atom is 0.336 e. The van der Waals surface area contributed by atoms with Crippen molar-refractivity contribution in [3.63, 3.8) is 0 Å². The van der Waals surface area contributed by atoms with Gasteiger partial charge in [0, 0.05) is 31.7 Å². The van der Waals surface area contributed by atoms with Crippen LogP contribution in [0.2, 0.25) is 0 Å². The summed E-state index contributed by atoms with van der Waals surface area (Å²) in [5.41, 5.74) is 1.11.